The fourth-order valence-electron chi connectivity index (χ4n) is 2.16. The van der Waals surface area contributed by atoms with Crippen molar-refractivity contribution < 1.29 is 13.2 Å². The highest BCUT2D eigenvalue weighted by Gasteiger charge is 2.30. The van der Waals surface area contributed by atoms with Gasteiger partial charge in [-0.15, -0.1) is 0 Å². The maximum atomic E-state index is 12.7. The van der Waals surface area contributed by atoms with E-state index in [0.29, 0.717) is 16.7 Å². The van der Waals surface area contributed by atoms with Gasteiger partial charge < -0.3 is 10.7 Å². The van der Waals surface area contributed by atoms with Crippen LogP contribution in [0.1, 0.15) is 5.56 Å². The Morgan fingerprint density at radius 1 is 1.10 bits per heavy atom. The van der Waals surface area contributed by atoms with Gasteiger partial charge in [-0.05, 0) is 29.8 Å². The monoisotopic (exact) mass is 277 g/mol. The third-order valence-corrected chi connectivity index (χ3v) is 3.10. The second-order valence-corrected chi connectivity index (χ2v) is 4.43. The van der Waals surface area contributed by atoms with Crippen LogP contribution in [0.25, 0.3) is 22.0 Å². The fraction of sp³-hybridized carbons (Fsp3) is 0.0714. The Morgan fingerprint density at radius 2 is 1.90 bits per heavy atom. The van der Waals surface area contributed by atoms with Crippen molar-refractivity contribution in [3.05, 3.63) is 48.3 Å². The molecule has 0 saturated heterocycles. The topological polar surface area (TPSA) is 54.7 Å². The zero-order chi connectivity index (χ0) is 14.3. The number of benzene rings is 1. The lowest BCUT2D eigenvalue weighted by molar-refractivity contribution is -0.137. The molecule has 0 atom stereocenters. The van der Waals surface area contributed by atoms with Gasteiger partial charge in [-0.2, -0.15) is 13.2 Å². The number of fused-ring (bicyclic) bond motifs is 1. The highest BCUT2D eigenvalue weighted by molar-refractivity contribution is 5.96. The van der Waals surface area contributed by atoms with Crippen molar-refractivity contribution in [3.63, 3.8) is 0 Å². The summed E-state index contributed by atoms with van der Waals surface area (Å²) < 4.78 is 38.0. The molecule has 3 aromatic rings. The molecular weight excluding hydrogens is 267 g/mol. The number of alkyl halides is 3. The van der Waals surface area contributed by atoms with Gasteiger partial charge in [-0.25, -0.2) is 4.98 Å². The summed E-state index contributed by atoms with van der Waals surface area (Å²) in [4.78, 5) is 6.75. The Bertz CT molecular complexity index is 775. The summed E-state index contributed by atoms with van der Waals surface area (Å²) in [5.74, 6) is 0.365. The SMILES string of the molecule is Nc1cc(-c2c[nH]c3cc(C(F)(F)F)ccc23)ccn1. The Morgan fingerprint density at radius 3 is 2.60 bits per heavy atom. The van der Waals surface area contributed by atoms with Crippen molar-refractivity contribution >= 4 is 16.7 Å². The minimum absolute atomic E-state index is 0.365. The highest BCUT2D eigenvalue weighted by atomic mass is 19.4. The van der Waals surface area contributed by atoms with Gasteiger partial charge in [0.05, 0.1) is 5.56 Å². The zero-order valence-corrected chi connectivity index (χ0v) is 10.2. The van der Waals surface area contributed by atoms with Gasteiger partial charge in [0.2, 0.25) is 0 Å². The molecule has 3 nitrogen and oxygen atoms in total. The smallest absolute Gasteiger partial charge is 0.384 e. The number of rotatable bonds is 1. The van der Waals surface area contributed by atoms with Crippen molar-refractivity contribution in [1.82, 2.24) is 9.97 Å². The lowest BCUT2D eigenvalue weighted by Crippen LogP contribution is -2.04. The van der Waals surface area contributed by atoms with Crippen molar-refractivity contribution in [1.29, 1.82) is 0 Å². The van der Waals surface area contributed by atoms with Crippen molar-refractivity contribution in [2.75, 3.05) is 5.73 Å². The predicted molar refractivity (Wildman–Crippen MR) is 70.9 cm³/mol. The molecule has 2 heterocycles. The summed E-state index contributed by atoms with van der Waals surface area (Å²) in [5, 5.41) is 0.712. The van der Waals surface area contributed by atoms with Crippen molar-refractivity contribution in [2.45, 2.75) is 6.18 Å². The molecule has 1 aromatic carbocycles. The minimum Gasteiger partial charge on any atom is -0.384 e. The molecule has 102 valence electrons. The standard InChI is InChI=1S/C14H10F3N3/c15-14(16,17)9-1-2-10-11(7-20-12(10)6-9)8-3-4-19-13(18)5-8/h1-7,20H,(H2,18,19). The van der Waals surface area contributed by atoms with E-state index in [-0.39, 0.29) is 0 Å². The molecule has 0 unspecified atom stereocenters. The van der Waals surface area contributed by atoms with Crippen LogP contribution in [0.4, 0.5) is 19.0 Å². The van der Waals surface area contributed by atoms with E-state index in [1.807, 2.05) is 0 Å². The number of nitrogens with two attached hydrogens (primary N) is 1. The highest BCUT2D eigenvalue weighted by Crippen LogP contribution is 2.34. The van der Waals surface area contributed by atoms with E-state index in [0.717, 1.165) is 23.3 Å². The molecule has 0 fully saturated rings. The van der Waals surface area contributed by atoms with E-state index in [9.17, 15) is 13.2 Å². The molecule has 3 rings (SSSR count). The number of nitrogen functional groups attached to an aromatic ring is 1. The van der Waals surface area contributed by atoms with Crippen LogP contribution in [0.3, 0.4) is 0 Å². The van der Waals surface area contributed by atoms with Crippen LogP contribution < -0.4 is 5.73 Å². The van der Waals surface area contributed by atoms with Crippen LogP contribution in [0, 0.1) is 0 Å². The first-order valence-corrected chi connectivity index (χ1v) is 5.85. The van der Waals surface area contributed by atoms with E-state index in [2.05, 4.69) is 9.97 Å². The van der Waals surface area contributed by atoms with E-state index in [1.54, 1.807) is 24.5 Å². The maximum Gasteiger partial charge on any atom is 0.416 e. The van der Waals surface area contributed by atoms with Crippen LogP contribution in [-0.2, 0) is 6.18 Å². The second-order valence-electron chi connectivity index (χ2n) is 4.43. The van der Waals surface area contributed by atoms with Crippen LogP contribution in [0.2, 0.25) is 0 Å². The summed E-state index contributed by atoms with van der Waals surface area (Å²) in [6.45, 7) is 0. The third kappa shape index (κ3) is 2.09. The molecule has 0 aliphatic heterocycles. The van der Waals surface area contributed by atoms with Crippen LogP contribution in [-0.4, -0.2) is 9.97 Å². The summed E-state index contributed by atoms with van der Waals surface area (Å²) >= 11 is 0. The molecule has 20 heavy (non-hydrogen) atoms. The third-order valence-electron chi connectivity index (χ3n) is 3.10. The first-order valence-electron chi connectivity index (χ1n) is 5.85. The average molecular weight is 277 g/mol. The number of halogens is 3. The minimum atomic E-state index is -4.35. The first-order chi connectivity index (χ1) is 9.45. The molecule has 0 bridgehead atoms. The first kappa shape index (κ1) is 12.5. The van der Waals surface area contributed by atoms with E-state index < -0.39 is 11.7 Å². The van der Waals surface area contributed by atoms with Gasteiger partial charge in [-0.1, -0.05) is 6.07 Å². The fourth-order valence-corrected chi connectivity index (χ4v) is 2.16. The largest absolute Gasteiger partial charge is 0.416 e. The average Bonchev–Trinajstić information content (AvgIpc) is 2.80. The molecule has 2 aromatic heterocycles. The number of nitrogens with zero attached hydrogens (tertiary/aromatic N) is 1. The van der Waals surface area contributed by atoms with Crippen LogP contribution in [0.15, 0.2) is 42.7 Å². The Balaban J connectivity index is 2.15. The number of anilines is 1. The van der Waals surface area contributed by atoms with Gasteiger partial charge in [0.15, 0.2) is 0 Å². The number of aromatic amines is 1. The number of H-pyrrole nitrogens is 1. The number of hydrogen-bond donors (Lipinski definition) is 2. The summed E-state index contributed by atoms with van der Waals surface area (Å²) in [5.41, 5.74) is 6.98. The quantitative estimate of drug-likeness (QED) is 0.710. The van der Waals surface area contributed by atoms with E-state index >= 15 is 0 Å². The summed E-state index contributed by atoms with van der Waals surface area (Å²) in [6, 6.07) is 7.07. The van der Waals surface area contributed by atoms with Gasteiger partial charge in [0, 0.05) is 28.9 Å². The number of aromatic nitrogens is 2. The summed E-state index contributed by atoms with van der Waals surface area (Å²) in [6.07, 6.45) is -1.12. The van der Waals surface area contributed by atoms with Gasteiger partial charge in [0.25, 0.3) is 0 Å². The predicted octanol–water partition coefficient (Wildman–Crippen LogP) is 3.83. The zero-order valence-electron chi connectivity index (χ0n) is 10.2. The normalized spacial score (nSPS) is 11.9. The van der Waals surface area contributed by atoms with Crippen molar-refractivity contribution in [2.24, 2.45) is 0 Å². The molecular formula is C14H10F3N3. The summed E-state index contributed by atoms with van der Waals surface area (Å²) in [7, 11) is 0. The second kappa shape index (κ2) is 4.26. The van der Waals surface area contributed by atoms with E-state index in [1.165, 1.54) is 6.07 Å². The molecule has 0 radical (unpaired) electrons. The molecule has 0 spiro atoms. The van der Waals surface area contributed by atoms with Crippen LogP contribution >= 0.6 is 0 Å². The Labute approximate surface area is 112 Å². The Hall–Kier alpha value is -2.50. The van der Waals surface area contributed by atoms with Crippen molar-refractivity contribution in [3.8, 4) is 11.1 Å². The number of hydrogen-bond acceptors (Lipinski definition) is 2. The lowest BCUT2D eigenvalue weighted by atomic mass is 10.0. The number of nitrogens with one attached hydrogen (secondary N) is 1. The maximum absolute atomic E-state index is 12.7. The van der Waals surface area contributed by atoms with Gasteiger partial charge in [0.1, 0.15) is 5.82 Å². The molecule has 3 N–H and O–H groups in total. The van der Waals surface area contributed by atoms with Crippen LogP contribution in [0.5, 0.6) is 0 Å². The Kier molecular flexibility index (Phi) is 2.67. The molecule has 0 amide bonds. The molecule has 0 saturated carbocycles. The lowest BCUT2D eigenvalue weighted by Gasteiger charge is -2.06. The van der Waals surface area contributed by atoms with Gasteiger partial charge >= 0.3 is 6.18 Å². The molecule has 6 heteroatoms. The van der Waals surface area contributed by atoms with Gasteiger partial charge in [-0.3, -0.25) is 0 Å². The van der Waals surface area contributed by atoms with E-state index in [4.69, 9.17) is 5.73 Å². The molecule has 0 aliphatic carbocycles. The molecule has 0 aliphatic rings. The number of pyridine rings is 1.